The minimum Gasteiger partial charge on any atom is -0.394 e. The molecule has 0 aromatic heterocycles. The van der Waals surface area contributed by atoms with Gasteiger partial charge in [-0.15, -0.1) is 0 Å². The van der Waals surface area contributed by atoms with E-state index in [0.29, 0.717) is 0 Å². The number of carbonyl (C=O) groups excluding carboxylic acids is 1. The molecule has 0 bridgehead atoms. The van der Waals surface area contributed by atoms with Crippen LogP contribution in [0.4, 0.5) is 5.69 Å². The fraction of sp³-hybridized carbons (Fsp3) is 0.417. The van der Waals surface area contributed by atoms with Crippen molar-refractivity contribution in [2.24, 2.45) is 0 Å². The molecule has 0 radical (unpaired) electrons. The van der Waals surface area contributed by atoms with Gasteiger partial charge in [0.05, 0.1) is 23.7 Å². The predicted octanol–water partition coefficient (Wildman–Crippen LogP) is 1.11. The summed E-state index contributed by atoms with van der Waals surface area (Å²) >= 11 is 5.74. The highest BCUT2D eigenvalue weighted by Gasteiger charge is 2.31. The smallest absolute Gasteiger partial charge is 0.282 e. The van der Waals surface area contributed by atoms with Crippen molar-refractivity contribution in [2.45, 2.75) is 18.9 Å². The summed E-state index contributed by atoms with van der Waals surface area (Å²) in [5.41, 5.74) is -1.84. The van der Waals surface area contributed by atoms with Gasteiger partial charge in [-0.3, -0.25) is 14.9 Å². The monoisotopic (exact) mass is 302 g/mol. The van der Waals surface area contributed by atoms with E-state index in [1.165, 1.54) is 12.1 Å². The number of benzene rings is 1. The van der Waals surface area contributed by atoms with Crippen LogP contribution in [0, 0.1) is 10.1 Å². The summed E-state index contributed by atoms with van der Waals surface area (Å²) in [4.78, 5) is 22.3. The minimum absolute atomic E-state index is 0.177. The number of hydrogen-bond donors (Lipinski definition) is 3. The number of nitrogens with zero attached hydrogens (tertiary/aromatic N) is 1. The molecule has 1 rings (SSSR count). The highest BCUT2D eigenvalue weighted by molar-refractivity contribution is 6.31. The SMILES string of the molecule is CCC(CO)(CO)NC(=O)c1cc(Cl)ccc1[N+](=O)[O-]. The number of halogens is 1. The van der Waals surface area contributed by atoms with Crippen molar-refractivity contribution in [3.05, 3.63) is 38.9 Å². The van der Waals surface area contributed by atoms with Crippen molar-refractivity contribution in [1.29, 1.82) is 0 Å². The zero-order chi connectivity index (χ0) is 15.3. The number of aliphatic hydroxyl groups excluding tert-OH is 2. The van der Waals surface area contributed by atoms with Crippen molar-refractivity contribution >= 4 is 23.2 Å². The van der Waals surface area contributed by atoms with Gasteiger partial charge in [0.15, 0.2) is 0 Å². The van der Waals surface area contributed by atoms with Crippen LogP contribution >= 0.6 is 11.6 Å². The van der Waals surface area contributed by atoms with Gasteiger partial charge < -0.3 is 15.5 Å². The minimum atomic E-state index is -1.23. The Balaban J connectivity index is 3.15. The van der Waals surface area contributed by atoms with Crippen molar-refractivity contribution in [3.63, 3.8) is 0 Å². The van der Waals surface area contributed by atoms with Crippen LogP contribution in [0.5, 0.6) is 0 Å². The van der Waals surface area contributed by atoms with E-state index in [1.54, 1.807) is 6.92 Å². The van der Waals surface area contributed by atoms with Crippen LogP contribution < -0.4 is 5.32 Å². The largest absolute Gasteiger partial charge is 0.394 e. The van der Waals surface area contributed by atoms with Gasteiger partial charge in [-0.05, 0) is 18.6 Å². The molecular formula is C12H15ClN2O5. The summed E-state index contributed by atoms with van der Waals surface area (Å²) in [6.07, 6.45) is 0.264. The Kier molecular flexibility index (Phi) is 5.43. The molecule has 0 saturated heterocycles. The fourth-order valence-electron chi connectivity index (χ4n) is 1.60. The molecule has 0 atom stereocenters. The Hall–Kier alpha value is -1.70. The number of nitrogens with one attached hydrogen (secondary N) is 1. The summed E-state index contributed by atoms with van der Waals surface area (Å²) in [5, 5.41) is 32.0. The summed E-state index contributed by atoms with van der Waals surface area (Å²) < 4.78 is 0. The molecule has 3 N–H and O–H groups in total. The number of carbonyl (C=O) groups is 1. The highest BCUT2D eigenvalue weighted by atomic mass is 35.5. The van der Waals surface area contributed by atoms with E-state index in [2.05, 4.69) is 5.32 Å². The fourth-order valence-corrected chi connectivity index (χ4v) is 1.77. The molecule has 110 valence electrons. The van der Waals surface area contributed by atoms with Crippen molar-refractivity contribution < 1.29 is 19.9 Å². The standard InChI is InChI=1S/C12H15ClN2O5/c1-2-12(6-16,7-17)14-11(18)9-5-8(13)3-4-10(9)15(19)20/h3-5,16-17H,2,6-7H2,1H3,(H,14,18). The Morgan fingerprint density at radius 2 is 2.05 bits per heavy atom. The third-order valence-electron chi connectivity index (χ3n) is 3.06. The summed E-state index contributed by atoms with van der Waals surface area (Å²) in [5.74, 6) is -0.774. The molecule has 7 nitrogen and oxygen atoms in total. The zero-order valence-corrected chi connectivity index (χ0v) is 11.6. The third-order valence-corrected chi connectivity index (χ3v) is 3.30. The van der Waals surface area contributed by atoms with Crippen LogP contribution in [0.25, 0.3) is 0 Å². The van der Waals surface area contributed by atoms with E-state index in [4.69, 9.17) is 11.6 Å². The number of hydrogen-bond acceptors (Lipinski definition) is 5. The molecule has 0 saturated carbocycles. The molecule has 1 aromatic rings. The van der Waals surface area contributed by atoms with Gasteiger partial charge in [-0.1, -0.05) is 18.5 Å². The molecule has 0 aliphatic carbocycles. The first-order chi connectivity index (χ1) is 9.39. The number of nitro groups is 1. The maximum absolute atomic E-state index is 12.1. The molecule has 1 aromatic carbocycles. The lowest BCUT2D eigenvalue weighted by atomic mass is 9.97. The highest BCUT2D eigenvalue weighted by Crippen LogP contribution is 2.23. The van der Waals surface area contributed by atoms with E-state index in [1.807, 2.05) is 0 Å². The van der Waals surface area contributed by atoms with E-state index in [0.717, 1.165) is 6.07 Å². The summed E-state index contributed by atoms with van der Waals surface area (Å²) in [6, 6.07) is 3.61. The second-order valence-corrected chi connectivity index (χ2v) is 4.76. The second kappa shape index (κ2) is 6.65. The van der Waals surface area contributed by atoms with Crippen LogP contribution in [-0.2, 0) is 0 Å². The van der Waals surface area contributed by atoms with Gasteiger partial charge in [0.25, 0.3) is 11.6 Å². The Bertz CT molecular complexity index is 508. The summed E-state index contributed by atoms with van der Waals surface area (Å²) in [6.45, 7) is 0.694. The van der Waals surface area contributed by atoms with Crippen molar-refractivity contribution in [2.75, 3.05) is 13.2 Å². The predicted molar refractivity (Wildman–Crippen MR) is 72.8 cm³/mol. The number of nitro benzene ring substituents is 1. The van der Waals surface area contributed by atoms with Crippen LogP contribution in [0.15, 0.2) is 18.2 Å². The number of amides is 1. The van der Waals surface area contributed by atoms with E-state index < -0.39 is 35.3 Å². The third kappa shape index (κ3) is 3.44. The first-order valence-corrected chi connectivity index (χ1v) is 6.25. The van der Waals surface area contributed by atoms with Crippen molar-refractivity contribution in [3.8, 4) is 0 Å². The Labute approximate surface area is 120 Å². The molecule has 0 heterocycles. The quantitative estimate of drug-likeness (QED) is 0.538. The van der Waals surface area contributed by atoms with Gasteiger partial charge in [-0.25, -0.2) is 0 Å². The molecule has 8 heteroatoms. The molecule has 0 spiro atoms. The second-order valence-electron chi connectivity index (χ2n) is 4.32. The maximum atomic E-state index is 12.1. The lowest BCUT2D eigenvalue weighted by molar-refractivity contribution is -0.385. The average molecular weight is 303 g/mol. The lowest BCUT2D eigenvalue weighted by Crippen LogP contribution is -2.53. The maximum Gasteiger partial charge on any atom is 0.282 e. The van der Waals surface area contributed by atoms with Crippen LogP contribution in [-0.4, -0.2) is 39.8 Å². The van der Waals surface area contributed by atoms with Gasteiger partial charge in [0.2, 0.25) is 0 Å². The molecule has 0 aliphatic rings. The Morgan fingerprint density at radius 3 is 2.50 bits per heavy atom. The van der Waals surface area contributed by atoms with Gasteiger partial charge in [0, 0.05) is 11.1 Å². The normalized spacial score (nSPS) is 11.2. The van der Waals surface area contributed by atoms with E-state index >= 15 is 0 Å². The Morgan fingerprint density at radius 1 is 1.45 bits per heavy atom. The summed E-state index contributed by atoms with van der Waals surface area (Å²) in [7, 11) is 0. The first-order valence-electron chi connectivity index (χ1n) is 5.87. The molecule has 0 unspecified atom stereocenters. The van der Waals surface area contributed by atoms with Crippen LogP contribution in [0.3, 0.4) is 0 Å². The molecule has 20 heavy (non-hydrogen) atoms. The van der Waals surface area contributed by atoms with Crippen molar-refractivity contribution in [1.82, 2.24) is 5.32 Å². The lowest BCUT2D eigenvalue weighted by Gasteiger charge is -2.29. The number of rotatable bonds is 6. The van der Waals surface area contributed by atoms with E-state index in [-0.39, 0.29) is 17.0 Å². The number of aliphatic hydroxyl groups is 2. The average Bonchev–Trinajstić information content (AvgIpc) is 2.44. The molecular weight excluding hydrogens is 288 g/mol. The van der Waals surface area contributed by atoms with Gasteiger partial charge in [0.1, 0.15) is 5.56 Å². The zero-order valence-electron chi connectivity index (χ0n) is 10.8. The molecule has 0 aliphatic heterocycles. The van der Waals surface area contributed by atoms with Crippen LogP contribution in [0.2, 0.25) is 5.02 Å². The molecule has 1 amide bonds. The van der Waals surface area contributed by atoms with E-state index in [9.17, 15) is 25.1 Å². The first kappa shape index (κ1) is 16.4. The topological polar surface area (TPSA) is 113 Å². The molecule has 0 fully saturated rings. The van der Waals surface area contributed by atoms with Gasteiger partial charge in [-0.2, -0.15) is 0 Å². The van der Waals surface area contributed by atoms with Gasteiger partial charge >= 0.3 is 0 Å². The van der Waals surface area contributed by atoms with Crippen LogP contribution in [0.1, 0.15) is 23.7 Å².